The van der Waals surface area contributed by atoms with Crippen molar-refractivity contribution in [1.29, 1.82) is 0 Å². The largest absolute Gasteiger partial charge is 0.395 e. The molecular formula is C17H26ClN3OS. The lowest BCUT2D eigenvalue weighted by molar-refractivity contribution is 0.112. The number of aliphatic hydroxyl groups excluding tert-OH is 1. The molecule has 0 unspecified atom stereocenters. The first-order valence-corrected chi connectivity index (χ1v) is 9.85. The molecule has 6 heteroatoms. The van der Waals surface area contributed by atoms with Crippen molar-refractivity contribution in [2.75, 3.05) is 69.6 Å². The number of fused-ring (bicyclic) bond motifs is 1. The van der Waals surface area contributed by atoms with Gasteiger partial charge in [-0.1, -0.05) is 11.6 Å². The van der Waals surface area contributed by atoms with Gasteiger partial charge in [0.2, 0.25) is 0 Å². The molecule has 0 radical (unpaired) electrons. The van der Waals surface area contributed by atoms with Crippen LogP contribution in [0, 0.1) is 0 Å². The van der Waals surface area contributed by atoms with E-state index < -0.39 is 0 Å². The minimum atomic E-state index is 0.273. The molecule has 0 spiro atoms. The molecule has 1 N–H and O–H groups in total. The first kappa shape index (κ1) is 17.4. The highest BCUT2D eigenvalue weighted by Crippen LogP contribution is 2.36. The normalized spacial score (nSPS) is 19.8. The summed E-state index contributed by atoms with van der Waals surface area (Å²) in [5.41, 5.74) is 1.31. The van der Waals surface area contributed by atoms with E-state index in [1.54, 1.807) is 0 Å². The van der Waals surface area contributed by atoms with E-state index in [0.717, 1.165) is 63.1 Å². The van der Waals surface area contributed by atoms with Crippen LogP contribution in [0.3, 0.4) is 0 Å². The molecule has 0 saturated carbocycles. The number of hydrogen-bond acceptors (Lipinski definition) is 5. The summed E-state index contributed by atoms with van der Waals surface area (Å²) in [5.74, 6) is 1.16. The second-order valence-electron chi connectivity index (χ2n) is 6.21. The van der Waals surface area contributed by atoms with E-state index >= 15 is 0 Å². The third kappa shape index (κ3) is 4.77. The third-order valence-corrected chi connectivity index (χ3v) is 5.94. The number of nitrogens with zero attached hydrogens (tertiary/aromatic N) is 3. The van der Waals surface area contributed by atoms with Gasteiger partial charge in [0.05, 0.1) is 12.3 Å². The average Bonchev–Trinajstić information content (AvgIpc) is 2.57. The van der Waals surface area contributed by atoms with Gasteiger partial charge in [0, 0.05) is 61.5 Å². The number of thioether (sulfide) groups is 1. The molecule has 1 aromatic carbocycles. The number of piperazine rings is 1. The minimum absolute atomic E-state index is 0.273. The lowest BCUT2D eigenvalue weighted by Crippen LogP contribution is -2.47. The number of hydrogen-bond donors (Lipinski definition) is 1. The molecule has 1 fully saturated rings. The number of halogens is 1. The van der Waals surface area contributed by atoms with Crippen LogP contribution in [0.5, 0.6) is 0 Å². The molecule has 0 aromatic heterocycles. The van der Waals surface area contributed by atoms with Crippen LogP contribution < -0.4 is 4.90 Å². The minimum Gasteiger partial charge on any atom is -0.395 e. The van der Waals surface area contributed by atoms with E-state index in [9.17, 15) is 0 Å². The van der Waals surface area contributed by atoms with Crippen LogP contribution in [0.1, 0.15) is 6.42 Å². The fourth-order valence-electron chi connectivity index (χ4n) is 3.34. The molecule has 0 bridgehead atoms. The average molecular weight is 356 g/mol. The lowest BCUT2D eigenvalue weighted by atomic mass is 10.2. The quantitative estimate of drug-likeness (QED) is 0.845. The molecule has 1 saturated heterocycles. The van der Waals surface area contributed by atoms with Crippen LogP contribution in [0.2, 0.25) is 5.02 Å². The number of rotatable bonds is 6. The standard InChI is InChI=1S/C17H26ClN3OS/c18-15-2-3-17-16(14-15)21(11-13-23-17)5-1-4-19-6-8-20(9-7-19)10-12-22/h2-3,14,22H,1,4-13H2. The highest BCUT2D eigenvalue weighted by Gasteiger charge is 2.19. The van der Waals surface area contributed by atoms with Crippen LogP contribution in [-0.2, 0) is 0 Å². The molecule has 0 atom stereocenters. The summed E-state index contributed by atoms with van der Waals surface area (Å²) >= 11 is 8.10. The van der Waals surface area contributed by atoms with E-state index in [4.69, 9.17) is 16.7 Å². The van der Waals surface area contributed by atoms with Crippen molar-refractivity contribution in [3.63, 3.8) is 0 Å². The van der Waals surface area contributed by atoms with Crippen molar-refractivity contribution in [2.45, 2.75) is 11.3 Å². The van der Waals surface area contributed by atoms with Gasteiger partial charge < -0.3 is 14.9 Å². The van der Waals surface area contributed by atoms with Gasteiger partial charge in [0.25, 0.3) is 0 Å². The number of aliphatic hydroxyl groups is 1. The van der Waals surface area contributed by atoms with Crippen LogP contribution in [-0.4, -0.2) is 79.6 Å². The summed E-state index contributed by atoms with van der Waals surface area (Å²) in [6, 6.07) is 6.24. The monoisotopic (exact) mass is 355 g/mol. The van der Waals surface area contributed by atoms with Crippen molar-refractivity contribution >= 4 is 29.1 Å². The number of anilines is 1. The third-order valence-electron chi connectivity index (χ3n) is 4.66. The van der Waals surface area contributed by atoms with E-state index in [2.05, 4.69) is 26.8 Å². The summed E-state index contributed by atoms with van der Waals surface area (Å²) in [6.45, 7) is 8.88. The highest BCUT2D eigenvalue weighted by molar-refractivity contribution is 7.99. The Hall–Kier alpha value is -0.460. The van der Waals surface area contributed by atoms with Gasteiger partial charge in [0.15, 0.2) is 0 Å². The second kappa shape index (κ2) is 8.58. The molecular weight excluding hydrogens is 330 g/mol. The molecule has 0 aliphatic carbocycles. The molecule has 2 aliphatic rings. The molecule has 3 rings (SSSR count). The number of β-amino-alcohol motifs (C(OH)–C–C–N with tert-alkyl or cyclic N) is 1. The molecule has 23 heavy (non-hydrogen) atoms. The zero-order chi connectivity index (χ0) is 16.1. The molecule has 0 amide bonds. The zero-order valence-electron chi connectivity index (χ0n) is 13.6. The maximum atomic E-state index is 9.00. The fraction of sp³-hybridized carbons (Fsp3) is 0.647. The Morgan fingerprint density at radius 1 is 1.00 bits per heavy atom. The fourth-order valence-corrected chi connectivity index (χ4v) is 4.54. The summed E-state index contributed by atoms with van der Waals surface area (Å²) in [5, 5.41) is 9.83. The van der Waals surface area contributed by atoms with Crippen molar-refractivity contribution in [1.82, 2.24) is 9.80 Å². The predicted octanol–water partition coefficient (Wildman–Crippen LogP) is 2.25. The van der Waals surface area contributed by atoms with Gasteiger partial charge in [-0.15, -0.1) is 11.8 Å². The molecule has 1 aromatic rings. The first-order valence-electron chi connectivity index (χ1n) is 8.49. The van der Waals surface area contributed by atoms with Gasteiger partial charge in [-0.25, -0.2) is 0 Å². The van der Waals surface area contributed by atoms with Gasteiger partial charge in [0.1, 0.15) is 0 Å². The predicted molar refractivity (Wildman–Crippen MR) is 99.0 cm³/mol. The van der Waals surface area contributed by atoms with Crippen molar-refractivity contribution in [3.05, 3.63) is 23.2 Å². The molecule has 2 aliphatic heterocycles. The van der Waals surface area contributed by atoms with Crippen LogP contribution in [0.25, 0.3) is 0 Å². The summed E-state index contributed by atoms with van der Waals surface area (Å²) in [6.07, 6.45) is 1.19. The SMILES string of the molecule is OCCN1CCN(CCCN2CCSc3ccc(Cl)cc32)CC1. The Morgan fingerprint density at radius 2 is 1.74 bits per heavy atom. The van der Waals surface area contributed by atoms with Crippen LogP contribution >= 0.6 is 23.4 Å². The summed E-state index contributed by atoms with van der Waals surface area (Å²) in [4.78, 5) is 8.74. The van der Waals surface area contributed by atoms with Crippen molar-refractivity contribution < 1.29 is 5.11 Å². The Morgan fingerprint density at radius 3 is 2.48 bits per heavy atom. The second-order valence-corrected chi connectivity index (χ2v) is 7.78. The summed E-state index contributed by atoms with van der Waals surface area (Å²) in [7, 11) is 0. The number of benzene rings is 1. The smallest absolute Gasteiger partial charge is 0.0558 e. The van der Waals surface area contributed by atoms with Gasteiger partial charge in [-0.2, -0.15) is 0 Å². The molecule has 4 nitrogen and oxygen atoms in total. The Labute approximate surface area is 148 Å². The van der Waals surface area contributed by atoms with Crippen molar-refractivity contribution in [2.24, 2.45) is 0 Å². The van der Waals surface area contributed by atoms with Crippen LogP contribution in [0.15, 0.2) is 23.1 Å². The maximum absolute atomic E-state index is 9.00. The summed E-state index contributed by atoms with van der Waals surface area (Å²) < 4.78 is 0. The Kier molecular flexibility index (Phi) is 6.48. The van der Waals surface area contributed by atoms with Gasteiger partial charge in [-0.05, 0) is 31.2 Å². The van der Waals surface area contributed by atoms with Gasteiger partial charge in [-0.3, -0.25) is 4.90 Å². The first-order chi connectivity index (χ1) is 11.3. The van der Waals surface area contributed by atoms with Gasteiger partial charge >= 0.3 is 0 Å². The lowest BCUT2D eigenvalue weighted by Gasteiger charge is -2.35. The van der Waals surface area contributed by atoms with Crippen molar-refractivity contribution in [3.8, 4) is 0 Å². The van der Waals surface area contributed by atoms with E-state index in [1.807, 2.05) is 17.8 Å². The van der Waals surface area contributed by atoms with Crippen LogP contribution in [0.4, 0.5) is 5.69 Å². The Bertz CT molecular complexity index is 509. The molecule has 2 heterocycles. The highest BCUT2D eigenvalue weighted by atomic mass is 35.5. The molecule has 128 valence electrons. The van der Waals surface area contributed by atoms with E-state index in [1.165, 1.54) is 17.0 Å². The van der Waals surface area contributed by atoms with E-state index in [0.29, 0.717) is 0 Å². The van der Waals surface area contributed by atoms with E-state index in [-0.39, 0.29) is 6.61 Å². The maximum Gasteiger partial charge on any atom is 0.0558 e. The Balaban J connectivity index is 1.44. The zero-order valence-corrected chi connectivity index (χ0v) is 15.2. The topological polar surface area (TPSA) is 30.0 Å².